The van der Waals surface area contributed by atoms with Gasteiger partial charge in [-0.25, -0.2) is 4.39 Å². The van der Waals surface area contributed by atoms with Crippen LogP contribution in [0, 0.1) is 5.82 Å². The predicted molar refractivity (Wildman–Crippen MR) is 117 cm³/mol. The molecule has 3 rings (SSSR count). The van der Waals surface area contributed by atoms with Gasteiger partial charge in [-0.05, 0) is 72.5 Å². The number of amides is 1. The smallest absolute Gasteiger partial charge is 0.255 e. The van der Waals surface area contributed by atoms with Gasteiger partial charge in [0.1, 0.15) is 5.82 Å². The minimum absolute atomic E-state index is 0.226. The topological polar surface area (TPSA) is 81.1 Å². The summed E-state index contributed by atoms with van der Waals surface area (Å²) in [6, 6.07) is 18.9. The number of anilines is 2. The van der Waals surface area contributed by atoms with E-state index in [0.717, 1.165) is 22.6 Å². The van der Waals surface area contributed by atoms with Crippen LogP contribution in [0.4, 0.5) is 15.8 Å². The quantitative estimate of drug-likeness (QED) is 0.427. The van der Waals surface area contributed by atoms with Crippen molar-refractivity contribution in [2.75, 3.05) is 23.9 Å². The van der Waals surface area contributed by atoms with Crippen molar-refractivity contribution in [2.45, 2.75) is 11.8 Å². The summed E-state index contributed by atoms with van der Waals surface area (Å²) in [7, 11) is 0. The first kappa shape index (κ1) is 21.5. The first-order chi connectivity index (χ1) is 13.5. The Kier molecular flexibility index (Phi) is 8.04. The molecule has 0 heterocycles. The Morgan fingerprint density at radius 2 is 1.57 bits per heavy atom. The van der Waals surface area contributed by atoms with Crippen LogP contribution in [0.15, 0.2) is 71.6 Å². The monoisotopic (exact) mass is 397 g/mol. The van der Waals surface area contributed by atoms with Crippen LogP contribution in [0.25, 0.3) is 11.1 Å². The van der Waals surface area contributed by atoms with E-state index in [2.05, 4.69) is 5.32 Å². The summed E-state index contributed by atoms with van der Waals surface area (Å²) < 4.78 is 13.1. The Labute approximate surface area is 169 Å². The molecule has 0 aliphatic carbocycles. The fourth-order valence-corrected chi connectivity index (χ4v) is 2.83. The van der Waals surface area contributed by atoms with Gasteiger partial charge in [0.2, 0.25) is 0 Å². The second-order valence-corrected chi connectivity index (χ2v) is 6.78. The second-order valence-electron chi connectivity index (χ2n) is 5.90. The summed E-state index contributed by atoms with van der Waals surface area (Å²) in [6.07, 6.45) is 1.98. The third kappa shape index (κ3) is 5.84. The number of halogens is 1. The van der Waals surface area contributed by atoms with E-state index in [9.17, 15) is 9.18 Å². The molecule has 0 saturated carbocycles. The van der Waals surface area contributed by atoms with Crippen molar-refractivity contribution in [1.29, 1.82) is 0 Å². The van der Waals surface area contributed by atoms with Crippen LogP contribution in [0.5, 0.6) is 0 Å². The van der Waals surface area contributed by atoms with Crippen molar-refractivity contribution >= 4 is 29.0 Å². The Balaban J connectivity index is 0.000000878. The maximum Gasteiger partial charge on any atom is 0.255 e. The highest BCUT2D eigenvalue weighted by molar-refractivity contribution is 7.98. The zero-order valence-electron chi connectivity index (χ0n) is 15.9. The van der Waals surface area contributed by atoms with E-state index >= 15 is 0 Å². The first-order valence-corrected chi connectivity index (χ1v) is 10.0. The molecule has 0 saturated heterocycles. The van der Waals surface area contributed by atoms with Gasteiger partial charge in [-0.2, -0.15) is 0 Å². The highest BCUT2D eigenvalue weighted by Gasteiger charge is 2.10. The van der Waals surface area contributed by atoms with E-state index in [1.54, 1.807) is 48.2 Å². The number of hydrogen-bond acceptors (Lipinski definition) is 4. The largest absolute Gasteiger partial charge is 0.397 e. The lowest BCUT2D eigenvalue weighted by molar-refractivity contribution is 0.102. The number of carbonyl (C=O) groups excluding carboxylic acids is 1. The summed E-state index contributed by atoms with van der Waals surface area (Å²) in [5.41, 5.74) is 14.1. The van der Waals surface area contributed by atoms with Crippen LogP contribution in [0.1, 0.15) is 17.3 Å². The molecule has 0 fully saturated rings. The third-order valence-corrected chi connectivity index (χ3v) is 4.57. The third-order valence-electron chi connectivity index (χ3n) is 3.83. The molecule has 0 spiro atoms. The lowest BCUT2D eigenvalue weighted by Crippen LogP contribution is -2.13. The summed E-state index contributed by atoms with van der Waals surface area (Å²) in [5.74, 6) is -0.517. The van der Waals surface area contributed by atoms with Crippen molar-refractivity contribution in [1.82, 2.24) is 0 Å². The van der Waals surface area contributed by atoms with Crippen molar-refractivity contribution in [3.05, 3.63) is 78.1 Å². The van der Waals surface area contributed by atoms with Crippen LogP contribution in [-0.2, 0) is 0 Å². The van der Waals surface area contributed by atoms with Crippen LogP contribution in [-0.4, -0.2) is 18.7 Å². The van der Waals surface area contributed by atoms with Gasteiger partial charge in [0, 0.05) is 10.5 Å². The van der Waals surface area contributed by atoms with E-state index in [-0.39, 0.29) is 11.7 Å². The predicted octanol–water partition coefficient (Wildman–Crippen LogP) is 5.01. The molecule has 28 heavy (non-hydrogen) atoms. The van der Waals surface area contributed by atoms with Crippen LogP contribution < -0.4 is 16.8 Å². The Morgan fingerprint density at radius 3 is 2.14 bits per heavy atom. The van der Waals surface area contributed by atoms with Gasteiger partial charge in [0.15, 0.2) is 0 Å². The molecule has 0 bridgehead atoms. The van der Waals surface area contributed by atoms with Crippen molar-refractivity contribution in [3.63, 3.8) is 0 Å². The number of rotatable bonds is 4. The summed E-state index contributed by atoms with van der Waals surface area (Å²) in [4.78, 5) is 13.5. The van der Waals surface area contributed by atoms with Crippen LogP contribution in [0.3, 0.4) is 0 Å². The molecule has 0 aromatic heterocycles. The van der Waals surface area contributed by atoms with E-state index in [0.29, 0.717) is 16.9 Å². The fourth-order valence-electron chi connectivity index (χ4n) is 2.42. The van der Waals surface area contributed by atoms with Crippen LogP contribution in [0.2, 0.25) is 0 Å². The van der Waals surface area contributed by atoms with E-state index in [1.165, 1.54) is 12.1 Å². The number of thioether (sulfide) groups is 1. The van der Waals surface area contributed by atoms with E-state index < -0.39 is 0 Å². The molecular formula is C22H24FN3OS. The first-order valence-electron chi connectivity index (χ1n) is 8.79. The highest BCUT2D eigenvalue weighted by atomic mass is 32.2. The molecule has 3 aromatic carbocycles. The molecule has 5 N–H and O–H groups in total. The highest BCUT2D eigenvalue weighted by Crippen LogP contribution is 2.28. The van der Waals surface area contributed by atoms with Crippen molar-refractivity contribution < 1.29 is 9.18 Å². The van der Waals surface area contributed by atoms with Gasteiger partial charge in [0.05, 0.1) is 11.4 Å². The fraction of sp³-hybridized carbons (Fsp3) is 0.136. The zero-order valence-corrected chi connectivity index (χ0v) is 16.7. The molecule has 3 aromatic rings. The number of carbonyl (C=O) groups is 1. The van der Waals surface area contributed by atoms with Crippen molar-refractivity contribution in [3.8, 4) is 11.1 Å². The lowest BCUT2D eigenvalue weighted by atomic mass is 10.0. The molecule has 0 radical (unpaired) electrons. The van der Waals surface area contributed by atoms with Crippen molar-refractivity contribution in [2.24, 2.45) is 5.73 Å². The minimum Gasteiger partial charge on any atom is -0.397 e. The van der Waals surface area contributed by atoms with Gasteiger partial charge in [-0.3, -0.25) is 4.79 Å². The number of nitrogen functional groups attached to an aromatic ring is 1. The minimum atomic E-state index is -0.290. The molecule has 146 valence electrons. The molecular weight excluding hydrogens is 373 g/mol. The SMILES string of the molecule is CCN.CSc1ccc(C(=O)Nc2cc(-c3ccc(F)cc3)ccc2N)cc1. The molecule has 0 aliphatic rings. The molecule has 0 unspecified atom stereocenters. The molecule has 1 amide bonds. The van der Waals surface area contributed by atoms with Gasteiger partial charge >= 0.3 is 0 Å². The maximum absolute atomic E-state index is 13.1. The summed E-state index contributed by atoms with van der Waals surface area (Å²) in [5, 5.41) is 2.84. The average Bonchev–Trinajstić information content (AvgIpc) is 2.71. The van der Waals surface area contributed by atoms with Gasteiger partial charge in [-0.15, -0.1) is 11.8 Å². The Bertz CT molecular complexity index is 912. The molecule has 0 atom stereocenters. The summed E-state index contributed by atoms with van der Waals surface area (Å²) >= 11 is 1.62. The van der Waals surface area contributed by atoms with E-state index in [1.807, 2.05) is 31.4 Å². The molecule has 0 aliphatic heterocycles. The average molecular weight is 398 g/mol. The van der Waals surface area contributed by atoms with E-state index in [4.69, 9.17) is 11.5 Å². The number of benzene rings is 3. The van der Waals surface area contributed by atoms with Gasteiger partial charge in [0.25, 0.3) is 5.91 Å². The second kappa shape index (κ2) is 10.5. The maximum atomic E-state index is 13.1. The van der Waals surface area contributed by atoms with Crippen LogP contribution >= 0.6 is 11.8 Å². The number of nitrogens with one attached hydrogen (secondary N) is 1. The molecule has 6 heteroatoms. The zero-order chi connectivity index (χ0) is 20.5. The normalized spacial score (nSPS) is 10.0. The Hall–Kier alpha value is -2.83. The molecule has 4 nitrogen and oxygen atoms in total. The number of nitrogens with two attached hydrogens (primary N) is 2. The number of hydrogen-bond donors (Lipinski definition) is 3. The summed E-state index contributed by atoms with van der Waals surface area (Å²) in [6.45, 7) is 2.65. The van der Waals surface area contributed by atoms with Gasteiger partial charge in [-0.1, -0.05) is 25.1 Å². The standard InChI is InChI=1S/C20H17FN2OS.C2H7N/c1-25-17-9-4-14(5-10-17)20(24)23-19-12-15(6-11-18(19)22)13-2-7-16(21)8-3-13;1-2-3/h2-12H,22H2,1H3,(H,23,24);2-3H2,1H3. The van der Waals surface area contributed by atoms with Gasteiger partial charge < -0.3 is 16.8 Å². The lowest BCUT2D eigenvalue weighted by Gasteiger charge is -2.11. The Morgan fingerprint density at radius 1 is 1.00 bits per heavy atom.